The molecule has 1 aromatic carbocycles. The van der Waals surface area contributed by atoms with Crippen LogP contribution in [0.25, 0.3) is 6.08 Å². The number of aliphatic hydroxyl groups is 1. The normalized spacial score (nSPS) is 12.8. The topological polar surface area (TPSA) is 46.5 Å². The lowest BCUT2D eigenvalue weighted by atomic mass is 10.1. The van der Waals surface area contributed by atoms with Crippen LogP contribution in [-0.4, -0.2) is 30.0 Å². The first-order valence-corrected chi connectivity index (χ1v) is 6.47. The summed E-state index contributed by atoms with van der Waals surface area (Å²) in [7, 11) is 0. The number of rotatable bonds is 7. The van der Waals surface area contributed by atoms with Crippen LogP contribution in [0.3, 0.4) is 0 Å². The molecule has 21 heavy (non-hydrogen) atoms. The van der Waals surface area contributed by atoms with Crippen molar-refractivity contribution in [1.82, 2.24) is 0 Å². The Labute approximate surface area is 121 Å². The Morgan fingerprint density at radius 1 is 1.29 bits per heavy atom. The van der Waals surface area contributed by atoms with E-state index in [4.69, 9.17) is 5.11 Å². The van der Waals surface area contributed by atoms with Gasteiger partial charge in [0.05, 0.1) is 6.61 Å². The maximum Gasteiger partial charge on any atom is 0.425 e. The molecule has 116 valence electrons. The van der Waals surface area contributed by atoms with E-state index in [-0.39, 0.29) is 6.61 Å². The lowest BCUT2D eigenvalue weighted by Crippen LogP contribution is -2.37. The molecule has 0 spiro atoms. The van der Waals surface area contributed by atoms with Gasteiger partial charge >= 0.3 is 12.1 Å². The highest BCUT2D eigenvalue weighted by atomic mass is 19.4. The second kappa shape index (κ2) is 7.83. The van der Waals surface area contributed by atoms with Crippen LogP contribution in [-0.2, 0) is 16.0 Å². The summed E-state index contributed by atoms with van der Waals surface area (Å²) in [6.45, 7) is 3.50. The van der Waals surface area contributed by atoms with E-state index in [0.717, 1.165) is 17.5 Å². The third-order valence-electron chi connectivity index (χ3n) is 2.85. The van der Waals surface area contributed by atoms with Crippen molar-refractivity contribution in [3.8, 4) is 0 Å². The number of ether oxygens (including phenoxy) is 1. The second-order valence-electron chi connectivity index (χ2n) is 4.51. The van der Waals surface area contributed by atoms with Crippen molar-refractivity contribution in [1.29, 1.82) is 0 Å². The Hall–Kier alpha value is -1.82. The molecule has 0 fully saturated rings. The molecule has 1 aromatic rings. The van der Waals surface area contributed by atoms with Gasteiger partial charge in [0.1, 0.15) is 0 Å². The highest BCUT2D eigenvalue weighted by Gasteiger charge is 2.44. The smallest absolute Gasteiger partial charge is 0.425 e. The number of hydrogen-bond acceptors (Lipinski definition) is 3. The monoisotopic (exact) mass is 302 g/mol. The van der Waals surface area contributed by atoms with Crippen LogP contribution in [0.1, 0.15) is 24.0 Å². The van der Waals surface area contributed by atoms with Crippen LogP contribution in [0.15, 0.2) is 30.8 Å². The van der Waals surface area contributed by atoms with Gasteiger partial charge in [-0.15, -0.1) is 0 Å². The van der Waals surface area contributed by atoms with E-state index >= 15 is 0 Å². The first kappa shape index (κ1) is 17.2. The number of halogens is 3. The summed E-state index contributed by atoms with van der Waals surface area (Å²) in [4.78, 5) is 10.9. The molecule has 1 N–H and O–H groups in total. The van der Waals surface area contributed by atoms with Gasteiger partial charge < -0.3 is 9.84 Å². The molecule has 6 heteroatoms. The first-order chi connectivity index (χ1) is 9.84. The molecule has 0 aromatic heterocycles. The summed E-state index contributed by atoms with van der Waals surface area (Å²) in [5.74, 6) is -1.65. The number of carbonyl (C=O) groups excluding carboxylic acids is 1. The van der Waals surface area contributed by atoms with E-state index in [1.54, 1.807) is 6.08 Å². The van der Waals surface area contributed by atoms with Crippen LogP contribution in [0.5, 0.6) is 0 Å². The quantitative estimate of drug-likeness (QED) is 0.622. The number of aliphatic hydroxyl groups excluding tert-OH is 1. The number of carbonyl (C=O) groups is 1. The van der Waals surface area contributed by atoms with Gasteiger partial charge in [-0.2, -0.15) is 13.2 Å². The average molecular weight is 302 g/mol. The van der Waals surface area contributed by atoms with Gasteiger partial charge in [0, 0.05) is 0 Å². The molecule has 0 amide bonds. The molecular formula is C15H17F3O3. The molecule has 0 heterocycles. The fourth-order valence-electron chi connectivity index (χ4n) is 1.64. The maximum absolute atomic E-state index is 12.0. The van der Waals surface area contributed by atoms with Crippen molar-refractivity contribution < 1.29 is 27.8 Å². The Balaban J connectivity index is 2.22. The molecule has 0 saturated carbocycles. The SMILES string of the molecule is C=Cc1ccc(CCCCOC(=O)C(O)C(F)(F)F)cc1. The lowest BCUT2D eigenvalue weighted by molar-refractivity contribution is -0.218. The summed E-state index contributed by atoms with van der Waals surface area (Å²) in [6, 6.07) is 7.72. The van der Waals surface area contributed by atoms with Gasteiger partial charge in [0.2, 0.25) is 6.10 Å². The molecule has 3 nitrogen and oxygen atoms in total. The predicted octanol–water partition coefficient (Wildman–Crippen LogP) is 3.12. The summed E-state index contributed by atoms with van der Waals surface area (Å²) >= 11 is 0. The third kappa shape index (κ3) is 5.99. The van der Waals surface area contributed by atoms with Crippen molar-refractivity contribution >= 4 is 12.0 Å². The minimum atomic E-state index is -4.98. The molecule has 0 aliphatic rings. The van der Waals surface area contributed by atoms with Crippen molar-refractivity contribution in [2.75, 3.05) is 6.61 Å². The van der Waals surface area contributed by atoms with E-state index in [1.807, 2.05) is 24.3 Å². The lowest BCUT2D eigenvalue weighted by Gasteiger charge is -2.13. The average Bonchev–Trinajstić information content (AvgIpc) is 2.45. The molecule has 0 bridgehead atoms. The van der Waals surface area contributed by atoms with Crippen LogP contribution in [0.2, 0.25) is 0 Å². The summed E-state index contributed by atoms with van der Waals surface area (Å²) in [5.41, 5.74) is 2.09. The summed E-state index contributed by atoms with van der Waals surface area (Å²) in [6.07, 6.45) is -4.48. The number of benzene rings is 1. The molecule has 0 radical (unpaired) electrons. The predicted molar refractivity (Wildman–Crippen MR) is 72.5 cm³/mol. The Morgan fingerprint density at radius 2 is 1.90 bits per heavy atom. The van der Waals surface area contributed by atoms with Crippen LogP contribution in [0, 0.1) is 0 Å². The number of alkyl halides is 3. The molecule has 1 atom stereocenters. The highest BCUT2D eigenvalue weighted by molar-refractivity contribution is 5.75. The van der Waals surface area contributed by atoms with E-state index in [1.165, 1.54) is 0 Å². The largest absolute Gasteiger partial charge is 0.464 e. The van der Waals surface area contributed by atoms with Crippen molar-refractivity contribution in [3.05, 3.63) is 42.0 Å². The first-order valence-electron chi connectivity index (χ1n) is 6.47. The van der Waals surface area contributed by atoms with Crippen LogP contribution >= 0.6 is 0 Å². The van der Waals surface area contributed by atoms with E-state index in [9.17, 15) is 18.0 Å². The highest BCUT2D eigenvalue weighted by Crippen LogP contribution is 2.20. The number of aryl methyl sites for hydroxylation is 1. The maximum atomic E-state index is 12.0. The fraction of sp³-hybridized carbons (Fsp3) is 0.400. The van der Waals surface area contributed by atoms with Crippen LogP contribution in [0.4, 0.5) is 13.2 Å². The summed E-state index contributed by atoms with van der Waals surface area (Å²) < 4.78 is 40.4. The standard InChI is InChI=1S/C15H17F3O3/c1-2-11-6-8-12(9-7-11)5-3-4-10-21-14(20)13(19)15(16,17)18/h2,6-9,13,19H,1,3-5,10H2. The molecule has 0 saturated heterocycles. The van der Waals surface area contributed by atoms with E-state index in [2.05, 4.69) is 11.3 Å². The van der Waals surface area contributed by atoms with Gasteiger partial charge in [-0.1, -0.05) is 36.9 Å². The zero-order chi connectivity index (χ0) is 15.9. The molecular weight excluding hydrogens is 285 g/mol. The fourth-order valence-corrected chi connectivity index (χ4v) is 1.64. The van der Waals surface area contributed by atoms with Gasteiger partial charge in [0.15, 0.2) is 0 Å². The minimum Gasteiger partial charge on any atom is -0.464 e. The summed E-state index contributed by atoms with van der Waals surface area (Å²) in [5, 5.41) is 8.63. The molecule has 1 rings (SSSR count). The third-order valence-corrected chi connectivity index (χ3v) is 2.85. The Kier molecular flexibility index (Phi) is 6.42. The van der Waals surface area contributed by atoms with Crippen molar-refractivity contribution in [2.24, 2.45) is 0 Å². The van der Waals surface area contributed by atoms with Gasteiger partial charge in [-0.25, -0.2) is 4.79 Å². The molecule has 0 aliphatic heterocycles. The molecule has 1 unspecified atom stereocenters. The van der Waals surface area contributed by atoms with Crippen LogP contribution < -0.4 is 0 Å². The molecule has 0 aliphatic carbocycles. The van der Waals surface area contributed by atoms with Crippen molar-refractivity contribution in [2.45, 2.75) is 31.5 Å². The Morgan fingerprint density at radius 3 is 2.43 bits per heavy atom. The van der Waals surface area contributed by atoms with Gasteiger partial charge in [0.25, 0.3) is 0 Å². The van der Waals surface area contributed by atoms with E-state index in [0.29, 0.717) is 12.8 Å². The zero-order valence-corrected chi connectivity index (χ0v) is 11.4. The number of unbranched alkanes of at least 4 members (excludes halogenated alkanes) is 1. The van der Waals surface area contributed by atoms with Gasteiger partial charge in [-0.05, 0) is 30.4 Å². The second-order valence-corrected chi connectivity index (χ2v) is 4.51. The van der Waals surface area contributed by atoms with Gasteiger partial charge in [-0.3, -0.25) is 0 Å². The minimum absolute atomic E-state index is 0.142. The zero-order valence-electron chi connectivity index (χ0n) is 11.4. The van der Waals surface area contributed by atoms with E-state index < -0.39 is 18.2 Å². The Bertz CT molecular complexity index is 466. The number of hydrogen-bond donors (Lipinski definition) is 1. The number of esters is 1. The van der Waals surface area contributed by atoms with Crippen molar-refractivity contribution in [3.63, 3.8) is 0 Å².